The molecule has 0 aliphatic heterocycles. The van der Waals surface area contributed by atoms with Crippen LogP contribution in [0.5, 0.6) is 0 Å². The maximum Gasteiger partial charge on any atom is 0.293 e. The van der Waals surface area contributed by atoms with E-state index >= 15 is 0 Å². The van der Waals surface area contributed by atoms with Crippen LogP contribution in [0.1, 0.15) is 19.3 Å². The molecule has 0 bridgehead atoms. The Bertz CT molecular complexity index is 320. The number of carbonyl (C=O) groups is 1. The number of hydrogen-bond acceptors (Lipinski definition) is 3. The number of carbonyl (C=O) groups excluding carboxylic acids is 1. The van der Waals surface area contributed by atoms with Crippen molar-refractivity contribution in [2.45, 2.75) is 24.5 Å². The first-order valence-electron chi connectivity index (χ1n) is 3.51. The highest BCUT2D eigenvalue weighted by Crippen LogP contribution is 2.13. The molecule has 1 aliphatic rings. The van der Waals surface area contributed by atoms with Crippen LogP contribution in [0.15, 0.2) is 0 Å². The summed E-state index contributed by atoms with van der Waals surface area (Å²) in [5.41, 5.74) is 8.47. The van der Waals surface area contributed by atoms with E-state index in [4.69, 9.17) is 5.53 Å². The predicted molar refractivity (Wildman–Crippen MR) is 41.6 cm³/mol. The van der Waals surface area contributed by atoms with Gasteiger partial charge in [0.2, 0.25) is 0 Å². The summed E-state index contributed by atoms with van der Waals surface area (Å²) in [6.07, 6.45) is 0.467. The van der Waals surface area contributed by atoms with Gasteiger partial charge < -0.3 is 5.53 Å². The zero-order valence-electron chi connectivity index (χ0n) is 6.27. The predicted octanol–water partition coefficient (Wildman–Crippen LogP) is -0.610. The maximum atomic E-state index is 10.8. The van der Waals surface area contributed by atoms with Crippen molar-refractivity contribution in [2.24, 2.45) is 0 Å². The summed E-state index contributed by atoms with van der Waals surface area (Å²) in [5, 5.41) is -0.748. The maximum absolute atomic E-state index is 10.8. The second kappa shape index (κ2) is 3.60. The highest BCUT2D eigenvalue weighted by Gasteiger charge is 2.33. The summed E-state index contributed by atoms with van der Waals surface area (Å²) in [4.78, 5) is 13.6. The number of hydrogen-bond donors (Lipinski definition) is 1. The van der Waals surface area contributed by atoms with Crippen molar-refractivity contribution in [1.29, 1.82) is 0 Å². The van der Waals surface area contributed by atoms with Crippen LogP contribution >= 0.6 is 0 Å². The van der Waals surface area contributed by atoms with Crippen molar-refractivity contribution < 1.29 is 18.0 Å². The topological polar surface area (TPSA) is 87.6 Å². The van der Waals surface area contributed by atoms with E-state index in [1.807, 2.05) is 0 Å². The smallest absolute Gasteiger partial charge is 0.293 e. The number of Topliss-reactive ketones (excluding diaryl/α,β-unsaturated/α-hetero) is 1. The average Bonchev–Trinajstić information content (AvgIpc) is 2.03. The Morgan fingerprint density at radius 3 is 2.67 bits per heavy atom. The number of rotatable bonds is 1. The first kappa shape index (κ1) is 9.09. The highest BCUT2D eigenvalue weighted by atomic mass is 32.2. The van der Waals surface area contributed by atoms with Gasteiger partial charge in [0.25, 0.3) is 5.71 Å². The molecule has 1 fully saturated rings. The van der Waals surface area contributed by atoms with Crippen molar-refractivity contribution in [1.82, 2.24) is 0 Å². The first-order valence-corrected chi connectivity index (χ1v) is 4.76. The van der Waals surface area contributed by atoms with E-state index in [0.717, 1.165) is 0 Å². The van der Waals surface area contributed by atoms with Gasteiger partial charge in [-0.25, -0.2) is 8.42 Å². The molecule has 0 heterocycles. The minimum atomic E-state index is -2.63. The zero-order chi connectivity index (χ0) is 9.14. The lowest BCUT2D eigenvalue weighted by Gasteiger charge is -2.10. The summed E-state index contributed by atoms with van der Waals surface area (Å²) in [5.74, 6) is -0.0732. The Morgan fingerprint density at radius 1 is 1.50 bits per heavy atom. The van der Waals surface area contributed by atoms with Gasteiger partial charge in [-0.2, -0.15) is 4.79 Å². The fourth-order valence-corrected chi connectivity index (χ4v) is 1.93. The Balaban J connectivity index is 2.91. The summed E-state index contributed by atoms with van der Waals surface area (Å²) in [6, 6.07) is 0. The molecule has 0 saturated heterocycles. The van der Waals surface area contributed by atoms with Crippen LogP contribution in [-0.2, 0) is 15.5 Å². The van der Waals surface area contributed by atoms with Gasteiger partial charge in [0.05, 0.1) is 0 Å². The quantitative estimate of drug-likeness (QED) is 0.338. The minimum Gasteiger partial charge on any atom is -0.362 e. The van der Waals surface area contributed by atoms with Gasteiger partial charge in [-0.15, -0.1) is 0 Å². The molecule has 0 aromatic carbocycles. The third-order valence-electron chi connectivity index (χ3n) is 1.84. The van der Waals surface area contributed by atoms with Crippen LogP contribution in [0.3, 0.4) is 0 Å². The fraction of sp³-hybridized carbons (Fsp3) is 0.667. The van der Waals surface area contributed by atoms with Crippen LogP contribution in [0, 0.1) is 0 Å². The third kappa shape index (κ3) is 1.78. The molecular weight excluding hydrogens is 180 g/mol. The monoisotopic (exact) mass is 188 g/mol. The molecule has 1 atom stereocenters. The minimum absolute atomic E-state index is 0.0372. The van der Waals surface area contributed by atoms with Gasteiger partial charge in [-0.1, -0.05) is 0 Å². The second-order valence-corrected chi connectivity index (χ2v) is 3.84. The normalized spacial score (nSPS) is 24.2. The van der Waals surface area contributed by atoms with Crippen LogP contribution < -0.4 is 0 Å². The summed E-state index contributed by atoms with van der Waals surface area (Å²) >= 11 is 0. The van der Waals surface area contributed by atoms with Gasteiger partial charge in [-0.3, -0.25) is 4.79 Å². The van der Waals surface area contributed by atoms with Crippen molar-refractivity contribution in [3.8, 4) is 0 Å². The number of nitrogens with zero attached hydrogens (tertiary/aromatic N) is 2. The van der Waals surface area contributed by atoms with Gasteiger partial charge in [0.1, 0.15) is 12.2 Å². The molecule has 0 aromatic heterocycles. The van der Waals surface area contributed by atoms with Gasteiger partial charge in [0, 0.05) is 6.42 Å². The molecular formula is C6H8N2O3S. The van der Waals surface area contributed by atoms with E-state index in [2.05, 4.69) is 4.79 Å². The molecule has 0 N–H and O–H groups in total. The summed E-state index contributed by atoms with van der Waals surface area (Å²) in [7, 11) is -2.63. The molecule has 12 heavy (non-hydrogen) atoms. The SMILES string of the molecule is [N-]=[N+]=C1CC(=O)CCC1[SH](=O)=O. The van der Waals surface area contributed by atoms with E-state index < -0.39 is 16.0 Å². The Morgan fingerprint density at radius 2 is 2.17 bits per heavy atom. The lowest BCUT2D eigenvalue weighted by molar-refractivity contribution is -0.119. The molecule has 0 aromatic rings. The standard InChI is InChI=1S/C6H8N2O3S/c7-8-5-3-4(9)1-2-6(5)12(10)11/h6,12H,1-3H2. The van der Waals surface area contributed by atoms with Gasteiger partial charge >= 0.3 is 0 Å². The van der Waals surface area contributed by atoms with Gasteiger partial charge in [-0.05, 0) is 6.42 Å². The molecule has 6 heteroatoms. The number of thiol groups is 1. The highest BCUT2D eigenvalue weighted by molar-refractivity contribution is 7.74. The first-order chi connectivity index (χ1) is 5.65. The van der Waals surface area contributed by atoms with Crippen LogP contribution in [-0.4, -0.2) is 30.0 Å². The molecule has 5 nitrogen and oxygen atoms in total. The van der Waals surface area contributed by atoms with E-state index in [-0.39, 0.29) is 30.8 Å². The Kier molecular flexibility index (Phi) is 2.73. The zero-order valence-corrected chi connectivity index (χ0v) is 7.16. The largest absolute Gasteiger partial charge is 0.362 e. The van der Waals surface area contributed by atoms with Crippen LogP contribution in [0.25, 0.3) is 5.53 Å². The van der Waals surface area contributed by atoms with E-state index in [1.54, 1.807) is 0 Å². The van der Waals surface area contributed by atoms with Crippen molar-refractivity contribution in [2.75, 3.05) is 0 Å². The van der Waals surface area contributed by atoms with E-state index in [1.165, 1.54) is 0 Å². The van der Waals surface area contributed by atoms with Gasteiger partial charge in [0.15, 0.2) is 16.0 Å². The van der Waals surface area contributed by atoms with E-state index in [0.29, 0.717) is 0 Å². The average molecular weight is 188 g/mol. The second-order valence-electron chi connectivity index (χ2n) is 2.65. The lowest BCUT2D eigenvalue weighted by Crippen LogP contribution is -2.31. The molecule has 0 amide bonds. The molecule has 1 rings (SSSR count). The summed E-state index contributed by atoms with van der Waals surface area (Å²) < 4.78 is 21.1. The summed E-state index contributed by atoms with van der Waals surface area (Å²) in [6.45, 7) is 0. The molecule has 1 aliphatic carbocycles. The Labute approximate surface area is 71.0 Å². The Hall–Kier alpha value is -1.00. The van der Waals surface area contributed by atoms with Crippen LogP contribution in [0.4, 0.5) is 0 Å². The van der Waals surface area contributed by atoms with Crippen molar-refractivity contribution in [3.63, 3.8) is 0 Å². The van der Waals surface area contributed by atoms with Crippen molar-refractivity contribution >= 4 is 22.2 Å². The van der Waals surface area contributed by atoms with E-state index in [9.17, 15) is 13.2 Å². The van der Waals surface area contributed by atoms with Crippen LogP contribution in [0.2, 0.25) is 0 Å². The lowest BCUT2D eigenvalue weighted by atomic mass is 9.97. The molecule has 0 radical (unpaired) electrons. The molecule has 0 spiro atoms. The molecule has 66 valence electrons. The van der Waals surface area contributed by atoms with Crippen molar-refractivity contribution in [3.05, 3.63) is 5.53 Å². The molecule has 1 unspecified atom stereocenters. The number of ketones is 1. The molecule has 1 saturated carbocycles. The fourth-order valence-electron chi connectivity index (χ4n) is 1.20. The third-order valence-corrected chi connectivity index (χ3v) is 2.91.